The SMILES string of the molecule is CC1C[C@H](C(=O)N2CC(CO)C2)[C@H](C(=O)O)C1. The molecule has 1 aliphatic carbocycles. The first-order chi connectivity index (χ1) is 8.02. The minimum atomic E-state index is -0.855. The van der Waals surface area contributed by atoms with Gasteiger partial charge in [-0.05, 0) is 18.8 Å². The van der Waals surface area contributed by atoms with Crippen LogP contribution in [0.15, 0.2) is 0 Å². The van der Waals surface area contributed by atoms with Crippen molar-refractivity contribution in [2.75, 3.05) is 19.7 Å². The van der Waals surface area contributed by atoms with Crippen LogP contribution in [0.25, 0.3) is 0 Å². The number of carbonyl (C=O) groups excluding carboxylic acids is 1. The molecule has 2 rings (SSSR count). The first-order valence-electron chi connectivity index (χ1n) is 6.15. The molecule has 0 radical (unpaired) electrons. The van der Waals surface area contributed by atoms with E-state index in [0.29, 0.717) is 31.8 Å². The Morgan fingerprint density at radius 1 is 1.24 bits per heavy atom. The Bertz CT molecular complexity index is 324. The van der Waals surface area contributed by atoms with Crippen molar-refractivity contribution < 1.29 is 19.8 Å². The molecule has 0 spiro atoms. The first-order valence-corrected chi connectivity index (χ1v) is 6.15. The smallest absolute Gasteiger partial charge is 0.307 e. The van der Waals surface area contributed by atoms with Gasteiger partial charge in [0.1, 0.15) is 0 Å². The Hall–Kier alpha value is -1.10. The highest BCUT2D eigenvalue weighted by atomic mass is 16.4. The highest BCUT2D eigenvalue weighted by Gasteiger charge is 2.44. The number of hydrogen-bond donors (Lipinski definition) is 2. The van der Waals surface area contributed by atoms with Crippen LogP contribution in [0, 0.1) is 23.7 Å². The number of aliphatic hydroxyl groups is 1. The van der Waals surface area contributed by atoms with Gasteiger partial charge in [-0.2, -0.15) is 0 Å². The molecule has 1 amide bonds. The molecule has 96 valence electrons. The maximum atomic E-state index is 12.1. The second-order valence-corrected chi connectivity index (χ2v) is 5.42. The highest BCUT2D eigenvalue weighted by Crippen LogP contribution is 2.38. The van der Waals surface area contributed by atoms with E-state index < -0.39 is 11.9 Å². The van der Waals surface area contributed by atoms with Crippen molar-refractivity contribution in [3.05, 3.63) is 0 Å². The molecule has 1 saturated heterocycles. The van der Waals surface area contributed by atoms with Crippen LogP contribution in [0.3, 0.4) is 0 Å². The second kappa shape index (κ2) is 4.64. The Kier molecular flexibility index (Phi) is 3.38. The lowest BCUT2D eigenvalue weighted by Gasteiger charge is -2.40. The van der Waals surface area contributed by atoms with Crippen LogP contribution in [0.4, 0.5) is 0 Å². The predicted octanol–water partition coefficient (Wildman–Crippen LogP) is 0.184. The van der Waals surface area contributed by atoms with Gasteiger partial charge in [0.25, 0.3) is 0 Å². The molecule has 17 heavy (non-hydrogen) atoms. The van der Waals surface area contributed by atoms with Gasteiger partial charge in [0.2, 0.25) is 5.91 Å². The van der Waals surface area contributed by atoms with Gasteiger partial charge in [0, 0.05) is 25.6 Å². The van der Waals surface area contributed by atoms with Crippen LogP contribution in [0.1, 0.15) is 19.8 Å². The third kappa shape index (κ3) is 2.29. The Balaban J connectivity index is 1.97. The summed E-state index contributed by atoms with van der Waals surface area (Å²) in [5, 5.41) is 18.0. The van der Waals surface area contributed by atoms with Gasteiger partial charge in [-0.15, -0.1) is 0 Å². The van der Waals surface area contributed by atoms with Crippen molar-refractivity contribution >= 4 is 11.9 Å². The largest absolute Gasteiger partial charge is 0.481 e. The maximum Gasteiger partial charge on any atom is 0.307 e. The van der Waals surface area contributed by atoms with Crippen LogP contribution in [-0.2, 0) is 9.59 Å². The van der Waals surface area contributed by atoms with E-state index in [-0.39, 0.29) is 24.3 Å². The number of likely N-dealkylation sites (tertiary alicyclic amines) is 1. The Morgan fingerprint density at radius 3 is 2.35 bits per heavy atom. The standard InChI is InChI=1S/C12H19NO4/c1-7-2-9(10(3-7)12(16)17)11(15)13-4-8(5-13)6-14/h7-10,14H,2-6H2,1H3,(H,16,17)/t7?,9-,10+/m0/s1. The number of carboxylic acids is 1. The van der Waals surface area contributed by atoms with Crippen molar-refractivity contribution in [1.82, 2.24) is 4.90 Å². The summed E-state index contributed by atoms with van der Waals surface area (Å²) in [6.45, 7) is 3.25. The van der Waals surface area contributed by atoms with Crippen molar-refractivity contribution in [1.29, 1.82) is 0 Å². The van der Waals surface area contributed by atoms with Crippen LogP contribution in [0.5, 0.6) is 0 Å². The Morgan fingerprint density at radius 2 is 1.82 bits per heavy atom. The van der Waals surface area contributed by atoms with E-state index >= 15 is 0 Å². The molecular weight excluding hydrogens is 222 g/mol. The Labute approximate surface area is 100 Å². The summed E-state index contributed by atoms with van der Waals surface area (Å²) in [5.41, 5.74) is 0. The van der Waals surface area contributed by atoms with Gasteiger partial charge in [-0.3, -0.25) is 9.59 Å². The summed E-state index contributed by atoms with van der Waals surface area (Å²) in [4.78, 5) is 24.9. The zero-order valence-electron chi connectivity index (χ0n) is 10.0. The number of nitrogens with zero attached hydrogens (tertiary/aromatic N) is 1. The molecule has 2 N–H and O–H groups in total. The van der Waals surface area contributed by atoms with E-state index in [1.807, 2.05) is 6.92 Å². The molecule has 3 atom stereocenters. The molecule has 0 aromatic rings. The predicted molar refractivity (Wildman–Crippen MR) is 60.2 cm³/mol. The molecule has 2 aliphatic rings. The third-order valence-corrected chi connectivity index (χ3v) is 3.96. The van der Waals surface area contributed by atoms with Gasteiger partial charge in [0.15, 0.2) is 0 Å². The number of carboxylic acid groups (broad SMARTS) is 1. The van der Waals surface area contributed by atoms with E-state index in [4.69, 9.17) is 10.2 Å². The van der Waals surface area contributed by atoms with Gasteiger partial charge < -0.3 is 15.1 Å². The number of amides is 1. The molecule has 1 aliphatic heterocycles. The molecule has 2 fully saturated rings. The minimum Gasteiger partial charge on any atom is -0.481 e. The molecule has 0 aromatic carbocycles. The normalized spacial score (nSPS) is 33.5. The van der Waals surface area contributed by atoms with Crippen molar-refractivity contribution in [3.63, 3.8) is 0 Å². The summed E-state index contributed by atoms with van der Waals surface area (Å²) in [6.07, 6.45) is 1.28. The molecule has 1 unspecified atom stereocenters. The molecular formula is C12H19NO4. The van der Waals surface area contributed by atoms with Gasteiger partial charge in [-0.25, -0.2) is 0 Å². The van der Waals surface area contributed by atoms with Crippen molar-refractivity contribution in [3.8, 4) is 0 Å². The maximum absolute atomic E-state index is 12.1. The molecule has 0 aromatic heterocycles. The number of aliphatic carboxylic acids is 1. The van der Waals surface area contributed by atoms with E-state index in [2.05, 4.69) is 0 Å². The lowest BCUT2D eigenvalue weighted by molar-refractivity contribution is -0.152. The molecule has 1 saturated carbocycles. The van der Waals surface area contributed by atoms with E-state index in [1.54, 1.807) is 4.90 Å². The fourth-order valence-electron chi connectivity index (χ4n) is 2.94. The van der Waals surface area contributed by atoms with E-state index in [0.717, 1.165) is 0 Å². The number of carbonyl (C=O) groups is 2. The summed E-state index contributed by atoms with van der Waals surface area (Å²) in [5.74, 6) is -1.28. The second-order valence-electron chi connectivity index (χ2n) is 5.42. The lowest BCUT2D eigenvalue weighted by atomic mass is 9.91. The molecule has 0 bridgehead atoms. The van der Waals surface area contributed by atoms with Gasteiger partial charge >= 0.3 is 5.97 Å². The fraction of sp³-hybridized carbons (Fsp3) is 0.833. The zero-order valence-corrected chi connectivity index (χ0v) is 10.0. The van der Waals surface area contributed by atoms with Crippen molar-refractivity contribution in [2.45, 2.75) is 19.8 Å². The van der Waals surface area contributed by atoms with Crippen LogP contribution in [0.2, 0.25) is 0 Å². The summed E-state index contributed by atoms with van der Waals surface area (Å²) >= 11 is 0. The molecule has 5 nitrogen and oxygen atoms in total. The van der Waals surface area contributed by atoms with Crippen LogP contribution >= 0.6 is 0 Å². The summed E-state index contributed by atoms with van der Waals surface area (Å²) < 4.78 is 0. The monoisotopic (exact) mass is 241 g/mol. The van der Waals surface area contributed by atoms with Crippen LogP contribution < -0.4 is 0 Å². The number of hydrogen-bond acceptors (Lipinski definition) is 3. The summed E-state index contributed by atoms with van der Waals surface area (Å²) in [7, 11) is 0. The average Bonchev–Trinajstić information content (AvgIpc) is 2.58. The first kappa shape index (κ1) is 12.4. The quantitative estimate of drug-likeness (QED) is 0.739. The minimum absolute atomic E-state index is 0.0357. The number of rotatable bonds is 3. The van der Waals surface area contributed by atoms with E-state index in [1.165, 1.54) is 0 Å². The third-order valence-electron chi connectivity index (χ3n) is 3.96. The highest BCUT2D eigenvalue weighted by molar-refractivity contribution is 5.85. The summed E-state index contributed by atoms with van der Waals surface area (Å²) in [6, 6.07) is 0. The zero-order chi connectivity index (χ0) is 12.6. The lowest BCUT2D eigenvalue weighted by Crippen LogP contribution is -2.54. The van der Waals surface area contributed by atoms with E-state index in [9.17, 15) is 9.59 Å². The molecule has 5 heteroatoms. The van der Waals surface area contributed by atoms with Crippen LogP contribution in [-0.4, -0.2) is 46.7 Å². The topological polar surface area (TPSA) is 77.8 Å². The number of aliphatic hydroxyl groups excluding tert-OH is 1. The van der Waals surface area contributed by atoms with Gasteiger partial charge in [0.05, 0.1) is 11.8 Å². The van der Waals surface area contributed by atoms with Crippen molar-refractivity contribution in [2.24, 2.45) is 23.7 Å². The average molecular weight is 241 g/mol. The van der Waals surface area contributed by atoms with Gasteiger partial charge in [-0.1, -0.05) is 6.92 Å². The fourth-order valence-corrected chi connectivity index (χ4v) is 2.94. The molecule has 1 heterocycles.